The molecule has 0 spiro atoms. The second kappa shape index (κ2) is 12.1. The van der Waals surface area contributed by atoms with Crippen molar-refractivity contribution in [2.24, 2.45) is 4.99 Å². The van der Waals surface area contributed by atoms with Crippen molar-refractivity contribution >= 4 is 5.96 Å². The Balaban J connectivity index is 1.99. The molecule has 2 N–H and O–H groups in total. The molecule has 1 aromatic carbocycles. The molecule has 30 heavy (non-hydrogen) atoms. The Morgan fingerprint density at radius 1 is 1.10 bits per heavy atom. The SMILES string of the molecule is CCNC(=NCc1c(C)nn(CCOC)c1C)NCCc1ccc(OC)c(OC)c1. The van der Waals surface area contributed by atoms with E-state index in [4.69, 9.17) is 19.2 Å². The molecule has 0 fully saturated rings. The Kier molecular flexibility index (Phi) is 9.47. The van der Waals surface area contributed by atoms with Crippen LogP contribution in [0.4, 0.5) is 0 Å². The summed E-state index contributed by atoms with van der Waals surface area (Å²) < 4.78 is 17.8. The number of ether oxygens (including phenoxy) is 3. The molecule has 0 aliphatic rings. The van der Waals surface area contributed by atoms with Crippen molar-refractivity contribution < 1.29 is 14.2 Å². The lowest BCUT2D eigenvalue weighted by molar-refractivity contribution is 0.182. The van der Waals surface area contributed by atoms with Crippen LogP contribution in [-0.4, -0.2) is 56.8 Å². The number of nitrogens with one attached hydrogen (secondary N) is 2. The molecule has 0 aliphatic heterocycles. The van der Waals surface area contributed by atoms with Crippen LogP contribution in [0, 0.1) is 13.8 Å². The molecule has 0 atom stereocenters. The largest absolute Gasteiger partial charge is 0.493 e. The van der Waals surface area contributed by atoms with Gasteiger partial charge in [0, 0.05) is 31.5 Å². The minimum atomic E-state index is 0.580. The van der Waals surface area contributed by atoms with Gasteiger partial charge in [-0.2, -0.15) is 5.10 Å². The van der Waals surface area contributed by atoms with Crippen molar-refractivity contribution in [2.45, 2.75) is 40.3 Å². The number of aliphatic imine (C=N–C) groups is 1. The summed E-state index contributed by atoms with van der Waals surface area (Å²) in [6.45, 7) is 9.69. The van der Waals surface area contributed by atoms with Gasteiger partial charge in [0.1, 0.15) is 0 Å². The van der Waals surface area contributed by atoms with E-state index < -0.39 is 0 Å². The fourth-order valence-corrected chi connectivity index (χ4v) is 3.22. The lowest BCUT2D eigenvalue weighted by atomic mass is 10.1. The highest BCUT2D eigenvalue weighted by molar-refractivity contribution is 5.79. The third-order valence-corrected chi connectivity index (χ3v) is 4.93. The number of methoxy groups -OCH3 is 3. The summed E-state index contributed by atoms with van der Waals surface area (Å²) >= 11 is 0. The predicted molar refractivity (Wildman–Crippen MR) is 120 cm³/mol. The Morgan fingerprint density at radius 3 is 2.53 bits per heavy atom. The molecule has 8 nitrogen and oxygen atoms in total. The first-order valence-corrected chi connectivity index (χ1v) is 10.3. The van der Waals surface area contributed by atoms with Crippen LogP contribution in [0.5, 0.6) is 11.5 Å². The van der Waals surface area contributed by atoms with Gasteiger partial charge in [-0.25, -0.2) is 4.99 Å². The summed E-state index contributed by atoms with van der Waals surface area (Å²) in [5, 5.41) is 11.3. The van der Waals surface area contributed by atoms with Crippen LogP contribution in [-0.2, 0) is 24.2 Å². The van der Waals surface area contributed by atoms with Gasteiger partial charge in [-0.15, -0.1) is 0 Å². The fourth-order valence-electron chi connectivity index (χ4n) is 3.22. The van der Waals surface area contributed by atoms with Crippen molar-refractivity contribution in [3.63, 3.8) is 0 Å². The highest BCUT2D eigenvalue weighted by Crippen LogP contribution is 2.27. The molecule has 1 aromatic heterocycles. The van der Waals surface area contributed by atoms with E-state index in [9.17, 15) is 0 Å². The molecule has 8 heteroatoms. The molecule has 0 bridgehead atoms. The van der Waals surface area contributed by atoms with Crippen molar-refractivity contribution in [1.29, 1.82) is 0 Å². The van der Waals surface area contributed by atoms with E-state index in [2.05, 4.69) is 29.6 Å². The Bertz CT molecular complexity index is 832. The van der Waals surface area contributed by atoms with Crippen LogP contribution in [0.1, 0.15) is 29.4 Å². The number of hydrogen-bond acceptors (Lipinski definition) is 5. The van der Waals surface area contributed by atoms with Crippen molar-refractivity contribution in [3.05, 3.63) is 40.7 Å². The maximum absolute atomic E-state index is 5.38. The summed E-state index contributed by atoms with van der Waals surface area (Å²) in [4.78, 5) is 4.76. The van der Waals surface area contributed by atoms with E-state index in [1.165, 1.54) is 5.56 Å². The van der Waals surface area contributed by atoms with E-state index >= 15 is 0 Å². The van der Waals surface area contributed by atoms with Crippen LogP contribution in [0.15, 0.2) is 23.2 Å². The van der Waals surface area contributed by atoms with E-state index in [0.717, 1.165) is 60.5 Å². The minimum absolute atomic E-state index is 0.580. The average molecular weight is 418 g/mol. The van der Waals surface area contributed by atoms with Crippen molar-refractivity contribution in [2.75, 3.05) is 41.0 Å². The van der Waals surface area contributed by atoms with Gasteiger partial charge in [0.2, 0.25) is 0 Å². The van der Waals surface area contributed by atoms with Gasteiger partial charge in [-0.05, 0) is 44.9 Å². The lowest BCUT2D eigenvalue weighted by Crippen LogP contribution is -2.38. The van der Waals surface area contributed by atoms with E-state index in [0.29, 0.717) is 13.2 Å². The van der Waals surface area contributed by atoms with Gasteiger partial charge >= 0.3 is 0 Å². The Labute approximate surface area is 179 Å². The third-order valence-electron chi connectivity index (χ3n) is 4.93. The normalized spacial score (nSPS) is 11.5. The summed E-state index contributed by atoms with van der Waals surface area (Å²) in [5.41, 5.74) is 4.47. The highest BCUT2D eigenvalue weighted by atomic mass is 16.5. The van der Waals surface area contributed by atoms with Gasteiger partial charge in [0.15, 0.2) is 17.5 Å². The number of benzene rings is 1. The van der Waals surface area contributed by atoms with Crippen LogP contribution >= 0.6 is 0 Å². The molecule has 2 rings (SSSR count). The number of aromatic nitrogens is 2. The Morgan fingerprint density at radius 2 is 1.87 bits per heavy atom. The summed E-state index contributed by atoms with van der Waals surface area (Å²) in [6.07, 6.45) is 0.845. The number of nitrogens with zero attached hydrogens (tertiary/aromatic N) is 3. The second-order valence-electron chi connectivity index (χ2n) is 6.93. The molecule has 2 aromatic rings. The monoisotopic (exact) mass is 417 g/mol. The van der Waals surface area contributed by atoms with Gasteiger partial charge in [-0.3, -0.25) is 4.68 Å². The number of aryl methyl sites for hydroxylation is 1. The summed E-state index contributed by atoms with van der Waals surface area (Å²) in [7, 11) is 4.99. The zero-order chi connectivity index (χ0) is 21.9. The molecule has 1 heterocycles. The molecular formula is C22H35N5O3. The van der Waals surface area contributed by atoms with Gasteiger partial charge in [0.05, 0.1) is 39.6 Å². The zero-order valence-electron chi connectivity index (χ0n) is 19.0. The van der Waals surface area contributed by atoms with Crippen LogP contribution in [0.3, 0.4) is 0 Å². The maximum atomic E-state index is 5.38. The van der Waals surface area contributed by atoms with Crippen LogP contribution < -0.4 is 20.1 Å². The predicted octanol–water partition coefficient (Wildman–Crippen LogP) is 2.46. The van der Waals surface area contributed by atoms with Crippen LogP contribution in [0.25, 0.3) is 0 Å². The maximum Gasteiger partial charge on any atom is 0.191 e. The van der Waals surface area contributed by atoms with E-state index in [1.807, 2.05) is 29.8 Å². The standard InChI is InChI=1S/C22H35N5O3/c1-7-23-22(24-11-10-18-8-9-20(29-5)21(14-18)30-6)25-15-19-16(2)26-27(17(19)3)12-13-28-4/h8-9,14H,7,10-13,15H2,1-6H3,(H2,23,24,25). The van der Waals surface area contributed by atoms with Crippen molar-refractivity contribution in [3.8, 4) is 11.5 Å². The average Bonchev–Trinajstić information content (AvgIpc) is 3.02. The zero-order valence-corrected chi connectivity index (χ0v) is 19.0. The second-order valence-corrected chi connectivity index (χ2v) is 6.93. The summed E-state index contributed by atoms with van der Waals surface area (Å²) in [5.74, 6) is 2.27. The summed E-state index contributed by atoms with van der Waals surface area (Å²) in [6, 6.07) is 5.99. The lowest BCUT2D eigenvalue weighted by Gasteiger charge is -2.13. The molecule has 0 amide bonds. The molecule has 166 valence electrons. The van der Waals surface area contributed by atoms with Crippen molar-refractivity contribution in [1.82, 2.24) is 20.4 Å². The Hall–Kier alpha value is -2.74. The third kappa shape index (κ3) is 6.38. The molecule has 0 unspecified atom stereocenters. The molecule has 0 aliphatic carbocycles. The number of rotatable bonds is 11. The quantitative estimate of drug-likeness (QED) is 0.432. The van der Waals surface area contributed by atoms with Gasteiger partial charge < -0.3 is 24.8 Å². The fraction of sp³-hybridized carbons (Fsp3) is 0.545. The van der Waals surface area contributed by atoms with E-state index in [-0.39, 0.29) is 0 Å². The van der Waals surface area contributed by atoms with Gasteiger partial charge in [0.25, 0.3) is 0 Å². The number of guanidine groups is 1. The molecule has 0 radical (unpaired) electrons. The van der Waals surface area contributed by atoms with E-state index in [1.54, 1.807) is 21.3 Å². The topological polar surface area (TPSA) is 81.9 Å². The first kappa shape index (κ1) is 23.5. The van der Waals surface area contributed by atoms with Crippen LogP contribution in [0.2, 0.25) is 0 Å². The molecular weight excluding hydrogens is 382 g/mol. The molecule has 0 saturated heterocycles. The first-order chi connectivity index (χ1) is 14.5. The molecule has 0 saturated carbocycles. The smallest absolute Gasteiger partial charge is 0.191 e. The van der Waals surface area contributed by atoms with Gasteiger partial charge in [-0.1, -0.05) is 6.07 Å². The minimum Gasteiger partial charge on any atom is -0.493 e. The first-order valence-electron chi connectivity index (χ1n) is 10.3. The number of hydrogen-bond donors (Lipinski definition) is 2. The highest BCUT2D eigenvalue weighted by Gasteiger charge is 2.11.